The molecule has 1 amide bonds. The molecule has 118 valence electrons. The number of para-hydroxylation sites is 1. The van der Waals surface area contributed by atoms with Gasteiger partial charge in [-0.1, -0.05) is 18.2 Å². The quantitative estimate of drug-likeness (QED) is 0.764. The predicted molar refractivity (Wildman–Crippen MR) is 88.6 cm³/mol. The highest BCUT2D eigenvalue weighted by Gasteiger charge is 2.25. The van der Waals surface area contributed by atoms with Crippen molar-refractivity contribution in [2.45, 2.75) is 26.7 Å². The lowest BCUT2D eigenvalue weighted by molar-refractivity contribution is -0.114. The Morgan fingerprint density at radius 1 is 0.913 bits per heavy atom. The van der Waals surface area contributed by atoms with Gasteiger partial charge in [0.1, 0.15) is 29.0 Å². The van der Waals surface area contributed by atoms with Crippen LogP contribution in [0, 0.1) is 13.8 Å². The minimum Gasteiger partial charge on any atom is -0.465 e. The molecule has 0 aliphatic carbocycles. The monoisotopic (exact) mass is 309 g/mol. The highest BCUT2D eigenvalue weighted by atomic mass is 16.4. The molecule has 4 nitrogen and oxygen atoms in total. The molecule has 3 rings (SSSR count). The standard InChI is InChI=1S/C19H19NO3/c1-12-8-10-17(22-12)19(18-11-9-13(2)23-18)15-6-4-5-7-16(15)20-14(3)21/h4-11,19H,1-3H3,(H,20,21). The number of rotatable bonds is 4. The number of amides is 1. The molecule has 2 heterocycles. The first-order chi connectivity index (χ1) is 11.0. The van der Waals surface area contributed by atoms with Crippen LogP contribution in [0.1, 0.15) is 41.4 Å². The van der Waals surface area contributed by atoms with E-state index in [9.17, 15) is 4.79 Å². The Balaban J connectivity index is 2.14. The van der Waals surface area contributed by atoms with Crippen molar-refractivity contribution in [3.05, 3.63) is 77.1 Å². The molecule has 0 atom stereocenters. The summed E-state index contributed by atoms with van der Waals surface area (Å²) in [6, 6.07) is 15.5. The fourth-order valence-electron chi connectivity index (χ4n) is 2.72. The molecule has 0 radical (unpaired) electrons. The summed E-state index contributed by atoms with van der Waals surface area (Å²) in [5.41, 5.74) is 1.69. The van der Waals surface area contributed by atoms with Crippen LogP contribution in [0.15, 0.2) is 57.4 Å². The molecule has 3 aromatic rings. The van der Waals surface area contributed by atoms with Gasteiger partial charge in [-0.25, -0.2) is 0 Å². The Kier molecular flexibility index (Phi) is 4.06. The largest absolute Gasteiger partial charge is 0.465 e. The van der Waals surface area contributed by atoms with E-state index in [2.05, 4.69) is 5.32 Å². The third-order valence-electron chi connectivity index (χ3n) is 3.67. The lowest BCUT2D eigenvalue weighted by Gasteiger charge is -2.17. The summed E-state index contributed by atoms with van der Waals surface area (Å²) in [4.78, 5) is 11.5. The van der Waals surface area contributed by atoms with Crippen molar-refractivity contribution in [3.63, 3.8) is 0 Å². The van der Waals surface area contributed by atoms with E-state index < -0.39 is 0 Å². The van der Waals surface area contributed by atoms with Gasteiger partial charge in [-0.3, -0.25) is 4.79 Å². The third-order valence-corrected chi connectivity index (χ3v) is 3.67. The summed E-state index contributed by atoms with van der Waals surface area (Å²) in [6.07, 6.45) is 0. The van der Waals surface area contributed by atoms with Crippen molar-refractivity contribution in [1.29, 1.82) is 0 Å². The van der Waals surface area contributed by atoms with Crippen molar-refractivity contribution in [2.75, 3.05) is 5.32 Å². The van der Waals surface area contributed by atoms with Crippen molar-refractivity contribution < 1.29 is 13.6 Å². The predicted octanol–water partition coefficient (Wildman–Crippen LogP) is 4.63. The van der Waals surface area contributed by atoms with Gasteiger partial charge in [0.05, 0.1) is 0 Å². The Labute approximate surface area is 135 Å². The minimum atomic E-state index is -0.208. The van der Waals surface area contributed by atoms with Crippen LogP contribution in [0.4, 0.5) is 5.69 Å². The molecular weight excluding hydrogens is 290 g/mol. The van der Waals surface area contributed by atoms with Gasteiger partial charge in [-0.2, -0.15) is 0 Å². The Hall–Kier alpha value is -2.75. The number of carbonyl (C=O) groups is 1. The van der Waals surface area contributed by atoms with Crippen LogP contribution in [0.3, 0.4) is 0 Å². The van der Waals surface area contributed by atoms with E-state index in [1.54, 1.807) is 0 Å². The number of nitrogens with one attached hydrogen (secondary N) is 1. The van der Waals surface area contributed by atoms with Crippen molar-refractivity contribution in [1.82, 2.24) is 0 Å². The van der Waals surface area contributed by atoms with E-state index in [0.29, 0.717) is 0 Å². The molecule has 1 N–H and O–H groups in total. The maximum absolute atomic E-state index is 11.5. The second-order valence-electron chi connectivity index (χ2n) is 5.60. The molecule has 4 heteroatoms. The van der Waals surface area contributed by atoms with Gasteiger partial charge in [0, 0.05) is 12.6 Å². The van der Waals surface area contributed by atoms with Crippen molar-refractivity contribution in [3.8, 4) is 0 Å². The van der Waals surface area contributed by atoms with Crippen LogP contribution in [-0.4, -0.2) is 5.91 Å². The van der Waals surface area contributed by atoms with Crippen LogP contribution >= 0.6 is 0 Å². The van der Waals surface area contributed by atoms with Gasteiger partial charge in [0.25, 0.3) is 0 Å². The van der Waals surface area contributed by atoms with Crippen LogP contribution in [-0.2, 0) is 4.79 Å². The summed E-state index contributed by atoms with van der Waals surface area (Å²) in [6.45, 7) is 5.32. The zero-order valence-electron chi connectivity index (χ0n) is 13.4. The molecule has 0 bridgehead atoms. The van der Waals surface area contributed by atoms with Crippen LogP contribution < -0.4 is 5.32 Å². The third kappa shape index (κ3) is 3.21. The van der Waals surface area contributed by atoms with Crippen LogP contribution in [0.25, 0.3) is 0 Å². The van der Waals surface area contributed by atoms with Gasteiger partial charge >= 0.3 is 0 Å². The molecule has 2 aromatic heterocycles. The molecule has 0 fully saturated rings. The zero-order chi connectivity index (χ0) is 16.4. The van der Waals surface area contributed by atoms with Crippen LogP contribution in [0.2, 0.25) is 0 Å². The molecule has 0 saturated carbocycles. The van der Waals surface area contributed by atoms with Gasteiger partial charge in [-0.05, 0) is 49.7 Å². The maximum Gasteiger partial charge on any atom is 0.221 e. The summed E-state index contributed by atoms with van der Waals surface area (Å²) in [7, 11) is 0. The molecular formula is C19H19NO3. The van der Waals surface area contributed by atoms with Gasteiger partial charge in [0.15, 0.2) is 0 Å². The number of benzene rings is 1. The van der Waals surface area contributed by atoms with E-state index in [-0.39, 0.29) is 11.8 Å². The fraction of sp³-hybridized carbons (Fsp3) is 0.211. The SMILES string of the molecule is CC(=O)Nc1ccccc1C(c1ccc(C)o1)c1ccc(C)o1. The highest BCUT2D eigenvalue weighted by Crippen LogP contribution is 2.37. The molecule has 0 aliphatic rings. The second-order valence-corrected chi connectivity index (χ2v) is 5.60. The van der Waals surface area contributed by atoms with Crippen molar-refractivity contribution in [2.24, 2.45) is 0 Å². The molecule has 0 unspecified atom stereocenters. The summed E-state index contributed by atoms with van der Waals surface area (Å²) in [5.74, 6) is 2.93. The first-order valence-corrected chi connectivity index (χ1v) is 7.54. The number of carbonyl (C=O) groups excluding carboxylic acids is 1. The molecule has 0 saturated heterocycles. The van der Waals surface area contributed by atoms with Crippen molar-refractivity contribution >= 4 is 11.6 Å². The number of hydrogen-bond acceptors (Lipinski definition) is 3. The molecule has 0 spiro atoms. The summed E-state index contributed by atoms with van der Waals surface area (Å²) >= 11 is 0. The Morgan fingerprint density at radius 3 is 1.96 bits per heavy atom. The highest BCUT2D eigenvalue weighted by molar-refractivity contribution is 5.89. The van der Waals surface area contributed by atoms with Gasteiger partial charge in [-0.15, -0.1) is 0 Å². The Bertz CT molecular complexity index is 788. The normalized spacial score (nSPS) is 11.0. The topological polar surface area (TPSA) is 55.4 Å². The number of furan rings is 2. The summed E-state index contributed by atoms with van der Waals surface area (Å²) < 4.78 is 11.7. The second kappa shape index (κ2) is 6.16. The molecule has 0 aliphatic heterocycles. The zero-order valence-corrected chi connectivity index (χ0v) is 13.4. The molecule has 23 heavy (non-hydrogen) atoms. The number of hydrogen-bond donors (Lipinski definition) is 1. The van der Waals surface area contributed by atoms with E-state index in [1.807, 2.05) is 62.4 Å². The number of aryl methyl sites for hydroxylation is 2. The van der Waals surface area contributed by atoms with Crippen LogP contribution in [0.5, 0.6) is 0 Å². The maximum atomic E-state index is 11.5. The smallest absolute Gasteiger partial charge is 0.221 e. The summed E-state index contributed by atoms with van der Waals surface area (Å²) in [5, 5.41) is 2.88. The Morgan fingerprint density at radius 2 is 1.48 bits per heavy atom. The molecule has 1 aromatic carbocycles. The average Bonchev–Trinajstić information content (AvgIpc) is 3.10. The van der Waals surface area contributed by atoms with Gasteiger partial charge in [0.2, 0.25) is 5.91 Å². The van der Waals surface area contributed by atoms with E-state index >= 15 is 0 Å². The lowest BCUT2D eigenvalue weighted by atomic mass is 9.92. The minimum absolute atomic E-state index is 0.109. The van der Waals surface area contributed by atoms with E-state index in [0.717, 1.165) is 34.3 Å². The fourth-order valence-corrected chi connectivity index (χ4v) is 2.72. The van der Waals surface area contributed by atoms with Gasteiger partial charge < -0.3 is 14.2 Å². The first-order valence-electron chi connectivity index (χ1n) is 7.54. The average molecular weight is 309 g/mol. The number of anilines is 1. The van der Waals surface area contributed by atoms with E-state index in [4.69, 9.17) is 8.83 Å². The van der Waals surface area contributed by atoms with E-state index in [1.165, 1.54) is 6.92 Å². The lowest BCUT2D eigenvalue weighted by Crippen LogP contribution is -2.11. The first kappa shape index (κ1) is 15.2.